The van der Waals surface area contributed by atoms with Gasteiger partial charge in [0.1, 0.15) is 6.04 Å². The monoisotopic (exact) mass is 231 g/mol. The first-order chi connectivity index (χ1) is 7.68. The van der Waals surface area contributed by atoms with Crippen molar-refractivity contribution in [3.05, 3.63) is 0 Å². The number of hydrogen-bond acceptors (Lipinski definition) is 3. The molecule has 1 atom stereocenters. The molecule has 0 aromatic rings. The summed E-state index contributed by atoms with van der Waals surface area (Å²) in [6, 6.07) is -0.690. The molecule has 0 rings (SSSR count). The third-order valence-corrected chi connectivity index (χ3v) is 2.74. The highest BCUT2D eigenvalue weighted by atomic mass is 16.4. The summed E-state index contributed by atoms with van der Waals surface area (Å²) >= 11 is 0. The molecule has 0 radical (unpaired) electrons. The molecule has 0 heterocycles. The Labute approximate surface area is 97.8 Å². The number of rotatable bonds is 11. The molecule has 4 heteroatoms. The highest BCUT2D eigenvalue weighted by Gasteiger charge is 2.09. The number of nitrogens with two attached hydrogens (primary N) is 1. The molecule has 0 bridgehead atoms. The van der Waals surface area contributed by atoms with E-state index < -0.39 is 12.0 Å². The Morgan fingerprint density at radius 1 is 0.938 bits per heavy atom. The van der Waals surface area contributed by atoms with Gasteiger partial charge in [-0.25, -0.2) is 0 Å². The van der Waals surface area contributed by atoms with Gasteiger partial charge in [-0.3, -0.25) is 4.79 Å². The third kappa shape index (κ3) is 9.93. The number of aliphatic hydroxyl groups is 1. The van der Waals surface area contributed by atoms with Crippen LogP contribution in [0, 0.1) is 0 Å². The second kappa shape index (κ2) is 10.9. The van der Waals surface area contributed by atoms with Crippen LogP contribution in [-0.2, 0) is 4.79 Å². The van der Waals surface area contributed by atoms with Gasteiger partial charge in [-0.2, -0.15) is 0 Å². The second-order valence-electron chi connectivity index (χ2n) is 4.29. The summed E-state index contributed by atoms with van der Waals surface area (Å²) in [7, 11) is 0. The molecule has 96 valence electrons. The Kier molecular flexibility index (Phi) is 10.5. The first-order valence-electron chi connectivity index (χ1n) is 6.27. The van der Waals surface area contributed by atoms with E-state index in [4.69, 9.17) is 15.9 Å². The van der Waals surface area contributed by atoms with Crippen molar-refractivity contribution < 1.29 is 15.0 Å². The van der Waals surface area contributed by atoms with Crippen LogP contribution in [0.25, 0.3) is 0 Å². The molecule has 4 nitrogen and oxygen atoms in total. The van der Waals surface area contributed by atoms with Crippen LogP contribution in [0.1, 0.15) is 57.8 Å². The van der Waals surface area contributed by atoms with Crippen molar-refractivity contribution in [1.29, 1.82) is 0 Å². The van der Waals surface area contributed by atoms with E-state index in [1.807, 2.05) is 0 Å². The van der Waals surface area contributed by atoms with Crippen molar-refractivity contribution in [3.8, 4) is 0 Å². The first-order valence-corrected chi connectivity index (χ1v) is 6.27. The molecule has 0 saturated carbocycles. The van der Waals surface area contributed by atoms with Crippen molar-refractivity contribution in [3.63, 3.8) is 0 Å². The minimum absolute atomic E-state index is 0.299. The Morgan fingerprint density at radius 2 is 1.38 bits per heavy atom. The van der Waals surface area contributed by atoms with Crippen LogP contribution < -0.4 is 5.73 Å². The molecule has 16 heavy (non-hydrogen) atoms. The summed E-state index contributed by atoms with van der Waals surface area (Å²) in [6.45, 7) is 0.299. The first kappa shape index (κ1) is 15.4. The molecule has 0 spiro atoms. The van der Waals surface area contributed by atoms with Crippen molar-refractivity contribution in [2.75, 3.05) is 6.61 Å². The molecular formula is C12H25NO3. The van der Waals surface area contributed by atoms with Gasteiger partial charge in [-0.1, -0.05) is 44.9 Å². The van der Waals surface area contributed by atoms with Gasteiger partial charge >= 0.3 is 5.97 Å². The van der Waals surface area contributed by atoms with E-state index in [9.17, 15) is 4.79 Å². The number of carboxylic acid groups (broad SMARTS) is 1. The highest BCUT2D eigenvalue weighted by Crippen LogP contribution is 2.10. The normalized spacial score (nSPS) is 12.6. The summed E-state index contributed by atoms with van der Waals surface area (Å²) in [5, 5.41) is 17.1. The van der Waals surface area contributed by atoms with E-state index >= 15 is 0 Å². The van der Waals surface area contributed by atoms with Gasteiger partial charge < -0.3 is 15.9 Å². The maximum absolute atomic E-state index is 10.4. The average Bonchev–Trinajstić information content (AvgIpc) is 2.26. The number of aliphatic hydroxyl groups excluding tert-OH is 1. The largest absolute Gasteiger partial charge is 0.480 e. The van der Waals surface area contributed by atoms with Crippen LogP contribution in [0.15, 0.2) is 0 Å². The molecule has 0 aliphatic carbocycles. The summed E-state index contributed by atoms with van der Waals surface area (Å²) in [6.07, 6.45) is 9.35. The van der Waals surface area contributed by atoms with Gasteiger partial charge in [0.15, 0.2) is 0 Å². The zero-order valence-electron chi connectivity index (χ0n) is 10.0. The third-order valence-electron chi connectivity index (χ3n) is 2.74. The van der Waals surface area contributed by atoms with E-state index in [0.29, 0.717) is 13.0 Å². The SMILES string of the molecule is NC(CCCCCCCCCCO)C(=O)O. The number of unbranched alkanes of at least 4 members (excludes halogenated alkanes) is 7. The average molecular weight is 231 g/mol. The van der Waals surface area contributed by atoms with Crippen LogP contribution >= 0.6 is 0 Å². The fraction of sp³-hybridized carbons (Fsp3) is 0.917. The fourth-order valence-electron chi connectivity index (χ4n) is 1.66. The number of hydrogen-bond donors (Lipinski definition) is 3. The lowest BCUT2D eigenvalue weighted by Crippen LogP contribution is -2.29. The van der Waals surface area contributed by atoms with Crippen LogP contribution in [0.4, 0.5) is 0 Å². The molecule has 0 aromatic heterocycles. The fourth-order valence-corrected chi connectivity index (χ4v) is 1.66. The lowest BCUT2D eigenvalue weighted by atomic mass is 10.1. The lowest BCUT2D eigenvalue weighted by Gasteiger charge is -2.05. The van der Waals surface area contributed by atoms with Gasteiger partial charge in [0.05, 0.1) is 0 Å². The standard InChI is InChI=1S/C12H25NO3/c13-11(12(15)16)9-7-5-3-1-2-4-6-8-10-14/h11,14H,1-10,13H2,(H,15,16). The minimum atomic E-state index is -0.899. The molecule has 0 fully saturated rings. The molecular weight excluding hydrogens is 206 g/mol. The Balaban J connectivity index is 3.07. The van der Waals surface area contributed by atoms with Crippen LogP contribution in [0.5, 0.6) is 0 Å². The minimum Gasteiger partial charge on any atom is -0.480 e. The van der Waals surface area contributed by atoms with Gasteiger partial charge in [0, 0.05) is 6.61 Å². The second-order valence-corrected chi connectivity index (χ2v) is 4.29. The van der Waals surface area contributed by atoms with E-state index in [-0.39, 0.29) is 0 Å². The van der Waals surface area contributed by atoms with E-state index in [1.165, 1.54) is 19.3 Å². The van der Waals surface area contributed by atoms with Crippen LogP contribution in [-0.4, -0.2) is 28.8 Å². The lowest BCUT2D eigenvalue weighted by molar-refractivity contribution is -0.138. The Morgan fingerprint density at radius 3 is 1.81 bits per heavy atom. The summed E-state index contributed by atoms with van der Waals surface area (Å²) < 4.78 is 0. The summed E-state index contributed by atoms with van der Waals surface area (Å²) in [5.41, 5.74) is 5.39. The van der Waals surface area contributed by atoms with Gasteiger partial charge in [0.2, 0.25) is 0 Å². The van der Waals surface area contributed by atoms with Gasteiger partial charge in [-0.05, 0) is 12.8 Å². The molecule has 0 aromatic carbocycles. The smallest absolute Gasteiger partial charge is 0.320 e. The zero-order valence-corrected chi connectivity index (χ0v) is 10.0. The van der Waals surface area contributed by atoms with Crippen molar-refractivity contribution >= 4 is 5.97 Å². The van der Waals surface area contributed by atoms with E-state index in [2.05, 4.69) is 0 Å². The van der Waals surface area contributed by atoms with Crippen molar-refractivity contribution in [2.45, 2.75) is 63.8 Å². The Hall–Kier alpha value is -0.610. The zero-order chi connectivity index (χ0) is 12.2. The highest BCUT2D eigenvalue weighted by molar-refractivity contribution is 5.72. The number of carbonyl (C=O) groups is 1. The number of aliphatic carboxylic acids is 1. The molecule has 0 amide bonds. The van der Waals surface area contributed by atoms with Crippen LogP contribution in [0.3, 0.4) is 0 Å². The molecule has 1 unspecified atom stereocenters. The summed E-state index contributed by atoms with van der Waals surface area (Å²) in [4.78, 5) is 10.4. The molecule has 0 aliphatic heterocycles. The topological polar surface area (TPSA) is 83.5 Å². The molecule has 0 aliphatic rings. The van der Waals surface area contributed by atoms with Gasteiger partial charge in [-0.15, -0.1) is 0 Å². The Bertz CT molecular complexity index is 174. The van der Waals surface area contributed by atoms with Crippen molar-refractivity contribution in [2.24, 2.45) is 5.73 Å². The predicted octanol–water partition coefficient (Wildman–Crippen LogP) is 1.90. The predicted molar refractivity (Wildman–Crippen MR) is 64.3 cm³/mol. The quantitative estimate of drug-likeness (QED) is 0.474. The van der Waals surface area contributed by atoms with Crippen LogP contribution in [0.2, 0.25) is 0 Å². The maximum Gasteiger partial charge on any atom is 0.320 e. The van der Waals surface area contributed by atoms with Crippen molar-refractivity contribution in [1.82, 2.24) is 0 Å². The maximum atomic E-state index is 10.4. The van der Waals surface area contributed by atoms with E-state index in [1.54, 1.807) is 0 Å². The molecule has 0 saturated heterocycles. The summed E-state index contributed by atoms with van der Waals surface area (Å²) in [5.74, 6) is -0.899. The van der Waals surface area contributed by atoms with Gasteiger partial charge in [0.25, 0.3) is 0 Å². The van der Waals surface area contributed by atoms with E-state index in [0.717, 1.165) is 32.1 Å². The molecule has 4 N–H and O–H groups in total. The number of carboxylic acids is 1.